The average Bonchev–Trinajstić information content (AvgIpc) is 3.15. The maximum atomic E-state index is 13.2. The Bertz CT molecular complexity index is 733. The molecule has 2 rings (SSSR count). The van der Waals surface area contributed by atoms with Gasteiger partial charge in [-0.1, -0.05) is 37.3 Å². The minimum Gasteiger partial charge on any atom is -0.461 e. The molecule has 1 aromatic heterocycles. The largest absolute Gasteiger partial charge is 0.461 e. The summed E-state index contributed by atoms with van der Waals surface area (Å²) in [7, 11) is 1.61. The molecule has 7 heteroatoms. The van der Waals surface area contributed by atoms with E-state index in [-0.39, 0.29) is 17.5 Å². The lowest BCUT2D eigenvalue weighted by atomic mass is 9.95. The van der Waals surface area contributed by atoms with E-state index in [1.807, 2.05) is 37.3 Å². The van der Waals surface area contributed by atoms with Gasteiger partial charge in [0.05, 0.1) is 25.7 Å². The van der Waals surface area contributed by atoms with Gasteiger partial charge in [0.15, 0.2) is 5.69 Å². The summed E-state index contributed by atoms with van der Waals surface area (Å²) in [6, 6.07) is 9.77. The number of ether oxygens (including phenoxy) is 2. The number of methoxy groups -OCH3 is 1. The molecule has 1 amide bonds. The molecule has 1 atom stereocenters. The van der Waals surface area contributed by atoms with Crippen LogP contribution >= 0.6 is 11.3 Å². The first-order valence-corrected chi connectivity index (χ1v) is 9.92. The van der Waals surface area contributed by atoms with E-state index in [4.69, 9.17) is 9.47 Å². The van der Waals surface area contributed by atoms with E-state index in [9.17, 15) is 9.59 Å². The molecule has 0 saturated carbocycles. The van der Waals surface area contributed by atoms with E-state index in [0.29, 0.717) is 37.7 Å². The van der Waals surface area contributed by atoms with E-state index in [2.05, 4.69) is 4.98 Å². The predicted octanol–water partition coefficient (Wildman–Crippen LogP) is 3.49. The Labute approximate surface area is 164 Å². The lowest BCUT2D eigenvalue weighted by Gasteiger charge is -2.26. The normalized spacial score (nSPS) is 11.8. The van der Waals surface area contributed by atoms with Crippen molar-refractivity contribution in [2.75, 3.05) is 26.9 Å². The van der Waals surface area contributed by atoms with Crippen molar-refractivity contribution in [2.45, 2.75) is 32.7 Å². The summed E-state index contributed by atoms with van der Waals surface area (Å²) >= 11 is 1.35. The molecular formula is C20H26N2O4S. The third-order valence-electron chi connectivity index (χ3n) is 4.15. The van der Waals surface area contributed by atoms with Gasteiger partial charge in [-0.2, -0.15) is 0 Å². The summed E-state index contributed by atoms with van der Waals surface area (Å²) in [6.07, 6.45) is 0.707. The molecule has 146 valence electrons. The van der Waals surface area contributed by atoms with E-state index < -0.39 is 5.97 Å². The van der Waals surface area contributed by atoms with Crippen molar-refractivity contribution in [3.8, 4) is 0 Å². The standard InChI is InChI=1S/C20H26N2O4S/c1-4-16(15-9-7-6-8-10-15)19(23)22(11-12-25-3)13-18-21-17(14-27-18)20(24)26-5-2/h6-10,14,16H,4-5,11-13H2,1-3H3/t16-/m0/s1. The van der Waals surface area contributed by atoms with E-state index in [1.54, 1.807) is 24.3 Å². The van der Waals surface area contributed by atoms with Gasteiger partial charge in [0.25, 0.3) is 0 Å². The predicted molar refractivity (Wildman–Crippen MR) is 105 cm³/mol. The zero-order valence-corrected chi connectivity index (χ0v) is 16.8. The highest BCUT2D eigenvalue weighted by Crippen LogP contribution is 2.23. The maximum absolute atomic E-state index is 13.2. The molecule has 0 N–H and O–H groups in total. The van der Waals surface area contributed by atoms with Crippen LogP contribution in [0.25, 0.3) is 0 Å². The van der Waals surface area contributed by atoms with E-state index in [0.717, 1.165) is 5.56 Å². The van der Waals surface area contributed by atoms with Gasteiger partial charge in [-0.3, -0.25) is 4.79 Å². The van der Waals surface area contributed by atoms with E-state index >= 15 is 0 Å². The zero-order chi connectivity index (χ0) is 19.6. The van der Waals surface area contributed by atoms with Crippen LogP contribution in [0.1, 0.15) is 47.2 Å². The second-order valence-corrected chi connectivity index (χ2v) is 6.91. The monoisotopic (exact) mass is 390 g/mol. The first kappa shape index (κ1) is 21.1. The second kappa shape index (κ2) is 10.8. The van der Waals surface area contributed by atoms with Crippen molar-refractivity contribution < 1.29 is 19.1 Å². The van der Waals surface area contributed by atoms with Gasteiger partial charge in [0.1, 0.15) is 5.01 Å². The molecule has 27 heavy (non-hydrogen) atoms. The molecule has 0 saturated heterocycles. The Balaban J connectivity index is 2.16. The molecule has 0 unspecified atom stereocenters. The maximum Gasteiger partial charge on any atom is 0.357 e. The van der Waals surface area contributed by atoms with Crippen molar-refractivity contribution in [3.63, 3.8) is 0 Å². The molecule has 0 spiro atoms. The molecule has 1 heterocycles. The van der Waals surface area contributed by atoms with Crippen LogP contribution in [0.2, 0.25) is 0 Å². The molecule has 0 aliphatic carbocycles. The fourth-order valence-corrected chi connectivity index (χ4v) is 3.55. The number of hydrogen-bond donors (Lipinski definition) is 0. The Morgan fingerprint density at radius 3 is 2.59 bits per heavy atom. The number of esters is 1. The summed E-state index contributed by atoms with van der Waals surface area (Å²) in [5.74, 6) is -0.619. The topological polar surface area (TPSA) is 68.7 Å². The number of benzene rings is 1. The summed E-state index contributed by atoms with van der Waals surface area (Å²) in [6.45, 7) is 5.31. The number of amides is 1. The summed E-state index contributed by atoms with van der Waals surface area (Å²) in [4.78, 5) is 31.1. The summed E-state index contributed by atoms with van der Waals surface area (Å²) in [5, 5.41) is 2.37. The van der Waals surface area contributed by atoms with Crippen molar-refractivity contribution in [2.24, 2.45) is 0 Å². The quantitative estimate of drug-likeness (QED) is 0.581. The summed E-state index contributed by atoms with van der Waals surface area (Å²) in [5.41, 5.74) is 1.28. The molecule has 1 aromatic carbocycles. The first-order chi connectivity index (χ1) is 13.1. The van der Waals surface area contributed by atoms with Crippen LogP contribution in [0.3, 0.4) is 0 Å². The lowest BCUT2D eigenvalue weighted by Crippen LogP contribution is -2.37. The van der Waals surface area contributed by atoms with Crippen LogP contribution < -0.4 is 0 Å². The molecule has 0 fully saturated rings. The Hall–Kier alpha value is -2.25. The van der Waals surface area contributed by atoms with Gasteiger partial charge in [0, 0.05) is 19.0 Å². The Morgan fingerprint density at radius 2 is 1.96 bits per heavy atom. The Kier molecular flexibility index (Phi) is 8.42. The van der Waals surface area contributed by atoms with Crippen LogP contribution in [0, 0.1) is 0 Å². The van der Waals surface area contributed by atoms with Crippen molar-refractivity contribution in [1.82, 2.24) is 9.88 Å². The SMILES string of the molecule is CCOC(=O)c1csc(CN(CCOC)C(=O)[C@@H](CC)c2ccccc2)n1. The van der Waals surface area contributed by atoms with Gasteiger partial charge in [-0.25, -0.2) is 9.78 Å². The fourth-order valence-electron chi connectivity index (χ4n) is 2.77. The highest BCUT2D eigenvalue weighted by Gasteiger charge is 2.25. The van der Waals surface area contributed by atoms with Gasteiger partial charge >= 0.3 is 5.97 Å². The van der Waals surface area contributed by atoms with Crippen LogP contribution in [-0.4, -0.2) is 48.6 Å². The van der Waals surface area contributed by atoms with Crippen molar-refractivity contribution in [1.29, 1.82) is 0 Å². The fraction of sp³-hybridized carbons (Fsp3) is 0.450. The van der Waals surface area contributed by atoms with Gasteiger partial charge < -0.3 is 14.4 Å². The molecule has 0 radical (unpaired) electrons. The van der Waals surface area contributed by atoms with Crippen molar-refractivity contribution in [3.05, 3.63) is 52.0 Å². The molecular weight excluding hydrogens is 364 g/mol. The van der Waals surface area contributed by atoms with Crippen LogP contribution in [0.5, 0.6) is 0 Å². The number of rotatable bonds is 10. The highest BCUT2D eigenvalue weighted by molar-refractivity contribution is 7.09. The van der Waals surface area contributed by atoms with Crippen molar-refractivity contribution >= 4 is 23.2 Å². The van der Waals surface area contributed by atoms with Crippen LogP contribution in [0.4, 0.5) is 0 Å². The van der Waals surface area contributed by atoms with Gasteiger partial charge in [0.2, 0.25) is 5.91 Å². The lowest BCUT2D eigenvalue weighted by molar-refractivity contribution is -0.134. The zero-order valence-electron chi connectivity index (χ0n) is 16.0. The minimum atomic E-state index is -0.439. The van der Waals surface area contributed by atoms with Gasteiger partial charge in [-0.05, 0) is 18.9 Å². The first-order valence-electron chi connectivity index (χ1n) is 9.04. The smallest absolute Gasteiger partial charge is 0.357 e. The summed E-state index contributed by atoms with van der Waals surface area (Å²) < 4.78 is 10.1. The second-order valence-electron chi connectivity index (χ2n) is 5.97. The number of carbonyl (C=O) groups excluding carboxylic acids is 2. The molecule has 0 aliphatic heterocycles. The molecule has 6 nitrogen and oxygen atoms in total. The minimum absolute atomic E-state index is 0.0358. The third kappa shape index (κ3) is 5.87. The van der Waals surface area contributed by atoms with Crippen LogP contribution in [-0.2, 0) is 20.8 Å². The number of aromatic nitrogens is 1. The number of hydrogen-bond acceptors (Lipinski definition) is 6. The molecule has 0 bridgehead atoms. The average molecular weight is 391 g/mol. The Morgan fingerprint density at radius 1 is 1.22 bits per heavy atom. The highest BCUT2D eigenvalue weighted by atomic mass is 32.1. The van der Waals surface area contributed by atoms with E-state index in [1.165, 1.54) is 11.3 Å². The third-order valence-corrected chi connectivity index (χ3v) is 4.98. The molecule has 0 aliphatic rings. The molecule has 2 aromatic rings. The number of carbonyl (C=O) groups is 2. The number of nitrogens with zero attached hydrogens (tertiary/aromatic N) is 2. The van der Waals surface area contributed by atoms with Crippen LogP contribution in [0.15, 0.2) is 35.7 Å². The number of thiazole rings is 1. The van der Waals surface area contributed by atoms with Gasteiger partial charge in [-0.15, -0.1) is 11.3 Å².